The van der Waals surface area contributed by atoms with Gasteiger partial charge in [0.25, 0.3) is 0 Å². The maximum absolute atomic E-state index is 2.69. The average Bonchev–Trinajstić information content (AvgIpc) is 1.74. The minimum absolute atomic E-state index is 0.208. The minimum atomic E-state index is -0.382. The molecule has 5 heterocycles. The molecule has 5 nitrogen and oxygen atoms in total. The van der Waals surface area contributed by atoms with Crippen molar-refractivity contribution in [2.45, 2.75) is 98.3 Å². The van der Waals surface area contributed by atoms with Gasteiger partial charge >= 0.3 is 0 Å². The van der Waals surface area contributed by atoms with E-state index in [2.05, 4.69) is 504 Å². The van der Waals surface area contributed by atoms with Crippen molar-refractivity contribution in [3.8, 4) is 0 Å². The normalized spacial score (nSPS) is 14.9. The second-order valence-corrected chi connectivity index (χ2v) is 33.0. The quantitative estimate of drug-likeness (QED) is 0.0708. The first kappa shape index (κ1) is 84.0. The highest BCUT2D eigenvalue weighted by atomic mass is 15.2. The van der Waals surface area contributed by atoms with E-state index < -0.39 is 0 Å². The second-order valence-electron chi connectivity index (χ2n) is 33.0. The smallest absolute Gasteiger partial charge is 0.120 e. The Balaban J connectivity index is 0.000000114. The van der Waals surface area contributed by atoms with Crippen molar-refractivity contribution in [3.05, 3.63) is 563 Å². The Hall–Kier alpha value is -12.6. The Morgan fingerprint density at radius 2 is 0.220 bits per heavy atom. The highest BCUT2D eigenvalue weighted by molar-refractivity contribution is 5.56. The molecule has 4 fully saturated rings. The van der Waals surface area contributed by atoms with Crippen LogP contribution in [0.1, 0.15) is 154 Å². The standard InChI is InChI=1S/3C24H25N.C23H23N.C23H19N/c3*1-5-13-21(14-6-1)24(22-15-7-2-8-16-22,23-17-9-3-10-18-23)25-19-11-4-12-20-25;2*1-4-12-20(13-5-1)23(24-18-10-11-19-24,21-14-6-2-7-15-21)22-16-8-3-9-17-22/h3*1-3,5-10,13-18H,4,11-12,19-20H2;1-9,12-17H,10-11,18-19H2;1-19H. The van der Waals surface area contributed by atoms with Crippen LogP contribution in [0.5, 0.6) is 0 Å². The van der Waals surface area contributed by atoms with E-state index in [9.17, 15) is 0 Å². The summed E-state index contributed by atoms with van der Waals surface area (Å²) in [6, 6.07) is 168. The maximum atomic E-state index is 2.69. The van der Waals surface area contributed by atoms with E-state index in [0.717, 1.165) is 52.4 Å². The molecule has 0 saturated carbocycles. The fourth-order valence-electron chi connectivity index (χ4n) is 20.6. The van der Waals surface area contributed by atoms with Gasteiger partial charge in [-0.15, -0.1) is 0 Å². The Morgan fingerprint density at radius 1 is 0.114 bits per heavy atom. The first-order valence-corrected chi connectivity index (χ1v) is 45.1. The monoisotopic (exact) mass is 1600 g/mol. The zero-order chi connectivity index (χ0) is 83.3. The van der Waals surface area contributed by atoms with Crippen LogP contribution in [0.15, 0.2) is 480 Å². The molecule has 0 atom stereocenters. The highest BCUT2D eigenvalue weighted by Gasteiger charge is 2.47. The topological polar surface area (TPSA) is 17.9 Å². The number of piperidine rings is 3. The van der Waals surface area contributed by atoms with Gasteiger partial charge in [0.15, 0.2) is 0 Å². The van der Waals surface area contributed by atoms with E-state index >= 15 is 0 Å². The summed E-state index contributed by atoms with van der Waals surface area (Å²) in [5.41, 5.74) is 18.8. The summed E-state index contributed by atoms with van der Waals surface area (Å²) in [6.45, 7) is 9.10. The molecule has 0 unspecified atom stereocenters. The van der Waals surface area contributed by atoms with Crippen molar-refractivity contribution in [2.75, 3.05) is 52.4 Å². The first-order chi connectivity index (χ1) is 61.1. The third kappa shape index (κ3) is 17.9. The average molecular weight is 1610 g/mol. The molecule has 0 radical (unpaired) electrons. The lowest BCUT2D eigenvalue weighted by Crippen LogP contribution is -2.50. The van der Waals surface area contributed by atoms with Gasteiger partial charge in [-0.3, -0.25) is 19.6 Å². The molecule has 0 spiro atoms. The molecule has 16 aromatic rings. The van der Waals surface area contributed by atoms with Crippen LogP contribution < -0.4 is 0 Å². The number of hydrogen-bond donors (Lipinski definition) is 0. The SMILES string of the molecule is c1ccc(C(c2ccccc2)(c2ccccc2)N2CCCC2)cc1.c1ccc(C(c2ccccc2)(c2ccccc2)N2CCCCC2)cc1.c1ccc(C(c2ccccc2)(c2ccccc2)N2CCCCC2)cc1.c1ccc(C(c2ccccc2)(c2ccccc2)N2CCCCC2)cc1.c1ccc(C(c2ccccc2)(c2ccccc2)n2cccc2)cc1. The largest absolute Gasteiger partial charge is 0.336 e. The number of nitrogens with zero attached hydrogens (tertiary/aromatic N) is 5. The summed E-state index contributed by atoms with van der Waals surface area (Å²) in [5.74, 6) is 0. The number of rotatable bonds is 20. The summed E-state index contributed by atoms with van der Waals surface area (Å²) < 4.78 is 2.30. The van der Waals surface area contributed by atoms with Crippen molar-refractivity contribution >= 4 is 0 Å². The molecule has 1 aromatic heterocycles. The number of aromatic nitrogens is 1. The van der Waals surface area contributed by atoms with Gasteiger partial charge in [-0.1, -0.05) is 474 Å². The number of likely N-dealkylation sites (tertiary alicyclic amines) is 4. The molecular formula is C118H117N5. The lowest BCUT2D eigenvalue weighted by Gasteiger charge is -2.47. The molecule has 15 aromatic carbocycles. The van der Waals surface area contributed by atoms with E-state index in [4.69, 9.17) is 0 Å². The predicted molar refractivity (Wildman–Crippen MR) is 513 cm³/mol. The van der Waals surface area contributed by atoms with Crippen LogP contribution in [0.2, 0.25) is 0 Å². The predicted octanol–water partition coefficient (Wildman–Crippen LogP) is 26.8. The molecule has 0 amide bonds. The van der Waals surface area contributed by atoms with Gasteiger partial charge in [-0.05, 0) is 199 Å². The zero-order valence-electron chi connectivity index (χ0n) is 71.3. The van der Waals surface area contributed by atoms with Crippen LogP contribution in [0.4, 0.5) is 0 Å². The fourth-order valence-corrected chi connectivity index (χ4v) is 20.6. The van der Waals surface area contributed by atoms with Crippen molar-refractivity contribution in [2.24, 2.45) is 0 Å². The van der Waals surface area contributed by atoms with E-state index in [1.807, 2.05) is 0 Å². The fraction of sp³-hybridized carbons (Fsp3) is 0.203. The minimum Gasteiger partial charge on any atom is -0.336 e. The molecule has 4 saturated heterocycles. The molecule has 0 bridgehead atoms. The van der Waals surface area contributed by atoms with Crippen molar-refractivity contribution in [1.82, 2.24) is 24.2 Å². The van der Waals surface area contributed by atoms with Crippen LogP contribution in [-0.4, -0.2) is 76.5 Å². The number of hydrogen-bond acceptors (Lipinski definition) is 4. The van der Waals surface area contributed by atoms with Gasteiger partial charge in [-0.25, -0.2) is 0 Å². The number of benzene rings is 15. The van der Waals surface area contributed by atoms with E-state index in [-0.39, 0.29) is 27.7 Å². The van der Waals surface area contributed by atoms with E-state index in [0.29, 0.717) is 0 Å². The molecule has 0 N–H and O–H groups in total. The van der Waals surface area contributed by atoms with Crippen LogP contribution >= 0.6 is 0 Å². The Kier molecular flexibility index (Phi) is 28.6. The Bertz CT molecular complexity index is 4810. The molecule has 0 aliphatic carbocycles. The Labute approximate surface area is 733 Å². The highest BCUT2D eigenvalue weighted by Crippen LogP contribution is 2.49. The third-order valence-corrected chi connectivity index (χ3v) is 25.9. The molecular weight excluding hydrogens is 1490 g/mol. The van der Waals surface area contributed by atoms with E-state index in [1.165, 1.54) is 154 Å². The van der Waals surface area contributed by atoms with Gasteiger partial charge in [0.1, 0.15) is 5.54 Å². The van der Waals surface area contributed by atoms with Crippen molar-refractivity contribution in [1.29, 1.82) is 0 Å². The molecule has 20 rings (SSSR count). The van der Waals surface area contributed by atoms with Crippen LogP contribution in [-0.2, 0) is 27.7 Å². The molecule has 5 heteroatoms. The molecule has 614 valence electrons. The summed E-state index contributed by atoms with van der Waals surface area (Å²) in [5, 5.41) is 0. The Morgan fingerprint density at radius 3 is 0.341 bits per heavy atom. The van der Waals surface area contributed by atoms with Gasteiger partial charge in [0.05, 0.1) is 22.2 Å². The lowest BCUT2D eigenvalue weighted by atomic mass is 9.75. The molecule has 4 aliphatic rings. The summed E-state index contributed by atoms with van der Waals surface area (Å²) >= 11 is 0. The van der Waals surface area contributed by atoms with Gasteiger partial charge in [0.2, 0.25) is 0 Å². The van der Waals surface area contributed by atoms with Gasteiger partial charge in [-0.2, -0.15) is 0 Å². The van der Waals surface area contributed by atoms with Crippen molar-refractivity contribution < 1.29 is 0 Å². The van der Waals surface area contributed by atoms with Crippen LogP contribution in [0, 0.1) is 0 Å². The zero-order valence-corrected chi connectivity index (χ0v) is 71.3. The summed E-state index contributed by atoms with van der Waals surface area (Å²) in [6.07, 6.45) is 18.5. The second kappa shape index (κ2) is 41.8. The third-order valence-electron chi connectivity index (χ3n) is 25.9. The van der Waals surface area contributed by atoms with Gasteiger partial charge in [0, 0.05) is 12.4 Å². The maximum Gasteiger partial charge on any atom is 0.120 e. The van der Waals surface area contributed by atoms with Crippen LogP contribution in [0.25, 0.3) is 0 Å². The van der Waals surface area contributed by atoms with Crippen LogP contribution in [0.3, 0.4) is 0 Å². The first-order valence-electron chi connectivity index (χ1n) is 45.1. The summed E-state index contributed by atoms with van der Waals surface area (Å²) in [4.78, 5) is 10.7. The molecule has 123 heavy (non-hydrogen) atoms. The lowest BCUT2D eigenvalue weighted by molar-refractivity contribution is 0.128. The molecule has 4 aliphatic heterocycles. The van der Waals surface area contributed by atoms with E-state index in [1.54, 1.807) is 0 Å². The summed E-state index contributed by atoms with van der Waals surface area (Å²) in [7, 11) is 0. The van der Waals surface area contributed by atoms with Crippen molar-refractivity contribution in [3.63, 3.8) is 0 Å². The van der Waals surface area contributed by atoms with Gasteiger partial charge < -0.3 is 4.57 Å².